The molecule has 2 bridgehead atoms. The van der Waals surface area contributed by atoms with Gasteiger partial charge in [0.1, 0.15) is 0 Å². The Morgan fingerprint density at radius 3 is 2.84 bits per heavy atom. The van der Waals surface area contributed by atoms with Crippen LogP contribution in [0.3, 0.4) is 0 Å². The molecule has 0 unspecified atom stereocenters. The van der Waals surface area contributed by atoms with Crippen LogP contribution in [0.2, 0.25) is 0 Å². The van der Waals surface area contributed by atoms with E-state index in [9.17, 15) is 9.59 Å². The molecule has 1 aromatic rings. The van der Waals surface area contributed by atoms with Crippen LogP contribution in [0.4, 0.5) is 0 Å². The molecule has 4 heterocycles. The minimum Gasteiger partial charge on any atom is -0.339 e. The van der Waals surface area contributed by atoms with Gasteiger partial charge < -0.3 is 9.80 Å². The predicted octanol–water partition coefficient (Wildman–Crippen LogP) is 2.17. The Labute approximate surface area is 153 Å². The van der Waals surface area contributed by atoms with Crippen LogP contribution in [0.5, 0.6) is 0 Å². The number of pyridine rings is 1. The molecule has 1 aliphatic carbocycles. The summed E-state index contributed by atoms with van der Waals surface area (Å²) in [6, 6.07) is 5.93. The third kappa shape index (κ3) is 4.00. The highest BCUT2D eigenvalue weighted by molar-refractivity contribution is 7.99. The number of amides is 2. The molecule has 1 saturated carbocycles. The first-order chi connectivity index (χ1) is 12.2. The van der Waals surface area contributed by atoms with Gasteiger partial charge in [0.05, 0.1) is 23.9 Å². The van der Waals surface area contributed by atoms with Crippen molar-refractivity contribution in [1.29, 1.82) is 0 Å². The Kier molecular flexibility index (Phi) is 4.97. The lowest BCUT2D eigenvalue weighted by Gasteiger charge is -2.35. The summed E-state index contributed by atoms with van der Waals surface area (Å²) in [4.78, 5) is 33.7. The molecular formula is C19H25N3O2S. The van der Waals surface area contributed by atoms with Gasteiger partial charge in [-0.1, -0.05) is 6.07 Å². The van der Waals surface area contributed by atoms with E-state index in [0.717, 1.165) is 30.2 Å². The molecule has 5 rings (SSSR count). The lowest BCUT2D eigenvalue weighted by atomic mass is 9.94. The fraction of sp³-hybridized carbons (Fsp3) is 0.632. The van der Waals surface area contributed by atoms with Gasteiger partial charge >= 0.3 is 0 Å². The second-order valence-corrected chi connectivity index (χ2v) is 8.50. The van der Waals surface area contributed by atoms with Crippen LogP contribution in [-0.4, -0.2) is 57.2 Å². The van der Waals surface area contributed by atoms with Crippen LogP contribution in [0, 0.1) is 11.8 Å². The van der Waals surface area contributed by atoms with Crippen LogP contribution in [0.1, 0.15) is 31.4 Å². The third-order valence-electron chi connectivity index (χ3n) is 5.48. The zero-order chi connectivity index (χ0) is 17.2. The number of rotatable bonds is 6. The van der Waals surface area contributed by atoms with Crippen molar-refractivity contribution in [3.8, 4) is 0 Å². The average Bonchev–Trinajstić information content (AvgIpc) is 3.46. The van der Waals surface area contributed by atoms with Gasteiger partial charge in [-0.25, -0.2) is 0 Å². The van der Waals surface area contributed by atoms with Crippen LogP contribution in [-0.2, 0) is 16.1 Å². The van der Waals surface area contributed by atoms with Gasteiger partial charge in [0, 0.05) is 25.3 Å². The Hall–Kier alpha value is -1.56. The lowest BCUT2D eigenvalue weighted by Crippen LogP contribution is -2.47. The van der Waals surface area contributed by atoms with Crippen LogP contribution in [0.15, 0.2) is 24.4 Å². The molecule has 0 aromatic carbocycles. The number of hydrogen-bond acceptors (Lipinski definition) is 4. The summed E-state index contributed by atoms with van der Waals surface area (Å²) in [5.74, 6) is 2.87. The van der Waals surface area contributed by atoms with Crippen molar-refractivity contribution in [1.82, 2.24) is 14.8 Å². The molecule has 0 radical (unpaired) electrons. The molecule has 6 heteroatoms. The fourth-order valence-corrected chi connectivity index (χ4v) is 4.95. The van der Waals surface area contributed by atoms with Crippen molar-refractivity contribution in [3.63, 3.8) is 0 Å². The van der Waals surface area contributed by atoms with Crippen molar-refractivity contribution < 1.29 is 9.59 Å². The molecule has 1 aromatic heterocycles. The first kappa shape index (κ1) is 16.9. The smallest absolute Gasteiger partial charge is 0.232 e. The summed E-state index contributed by atoms with van der Waals surface area (Å²) in [6.45, 7) is 1.83. The maximum absolute atomic E-state index is 12.8. The lowest BCUT2D eigenvalue weighted by molar-refractivity contribution is -0.140. The number of thioether (sulfide) groups is 1. The number of fused-ring (bicyclic) bond motifs is 4. The minimum atomic E-state index is -0.0418. The molecule has 2 atom stereocenters. The van der Waals surface area contributed by atoms with Crippen LogP contribution < -0.4 is 0 Å². The molecule has 2 amide bonds. The predicted molar refractivity (Wildman–Crippen MR) is 97.9 cm³/mol. The van der Waals surface area contributed by atoms with Gasteiger partial charge in [-0.3, -0.25) is 14.6 Å². The van der Waals surface area contributed by atoms with Crippen molar-refractivity contribution in [2.45, 2.75) is 38.3 Å². The van der Waals surface area contributed by atoms with E-state index in [-0.39, 0.29) is 23.8 Å². The average molecular weight is 359 g/mol. The summed E-state index contributed by atoms with van der Waals surface area (Å²) in [5.41, 5.74) is 0.918. The van der Waals surface area contributed by atoms with Crippen molar-refractivity contribution in [3.05, 3.63) is 30.1 Å². The van der Waals surface area contributed by atoms with Gasteiger partial charge in [-0.05, 0) is 49.5 Å². The fourth-order valence-electron chi connectivity index (χ4n) is 3.81. The van der Waals surface area contributed by atoms with Gasteiger partial charge in [-0.15, -0.1) is 0 Å². The van der Waals surface area contributed by atoms with E-state index in [1.807, 2.05) is 28.0 Å². The van der Waals surface area contributed by atoms with E-state index >= 15 is 0 Å². The normalized spacial score (nSPS) is 26.0. The summed E-state index contributed by atoms with van der Waals surface area (Å²) >= 11 is 1.76. The van der Waals surface area contributed by atoms with E-state index in [1.165, 1.54) is 12.8 Å². The molecule has 5 nitrogen and oxygen atoms in total. The number of carbonyl (C=O) groups excluding carboxylic acids is 2. The zero-order valence-electron chi connectivity index (χ0n) is 14.5. The highest BCUT2D eigenvalue weighted by atomic mass is 32.2. The topological polar surface area (TPSA) is 53.5 Å². The van der Waals surface area contributed by atoms with Gasteiger partial charge in [0.2, 0.25) is 11.8 Å². The quantitative estimate of drug-likeness (QED) is 0.781. The molecule has 3 aliphatic heterocycles. The SMILES string of the molecule is O=C(CSCC1CC1)N1C[C@@H]2CC[C@H](C1)N(Cc1ccccn1)C2=O. The highest BCUT2D eigenvalue weighted by Crippen LogP contribution is 2.33. The van der Waals surface area contributed by atoms with E-state index < -0.39 is 0 Å². The minimum absolute atomic E-state index is 0.0418. The van der Waals surface area contributed by atoms with Crippen molar-refractivity contribution in [2.75, 3.05) is 24.6 Å². The summed E-state index contributed by atoms with van der Waals surface area (Å²) in [7, 11) is 0. The number of nitrogens with zero attached hydrogens (tertiary/aromatic N) is 3. The van der Waals surface area contributed by atoms with Crippen LogP contribution in [0.25, 0.3) is 0 Å². The molecule has 25 heavy (non-hydrogen) atoms. The van der Waals surface area contributed by atoms with E-state index in [0.29, 0.717) is 25.4 Å². The highest BCUT2D eigenvalue weighted by Gasteiger charge is 2.41. The maximum Gasteiger partial charge on any atom is 0.232 e. The third-order valence-corrected chi connectivity index (χ3v) is 6.64. The standard InChI is InChI=1S/C19H25N3O2S/c23-18(13-25-12-14-4-5-14)21-9-15-6-7-17(11-21)22(19(15)24)10-16-3-1-2-8-20-16/h1-3,8,14-15,17H,4-7,9-13H2/t15-,17+/m0/s1. The number of hydrogen-bond donors (Lipinski definition) is 0. The summed E-state index contributed by atoms with van der Waals surface area (Å²) < 4.78 is 0. The number of carbonyl (C=O) groups is 2. The summed E-state index contributed by atoms with van der Waals surface area (Å²) in [5, 5.41) is 0. The second-order valence-electron chi connectivity index (χ2n) is 7.47. The van der Waals surface area contributed by atoms with Crippen LogP contribution >= 0.6 is 11.8 Å². The molecule has 4 fully saturated rings. The zero-order valence-corrected chi connectivity index (χ0v) is 15.3. The number of aromatic nitrogens is 1. The first-order valence-corrected chi connectivity index (χ1v) is 10.4. The van der Waals surface area contributed by atoms with E-state index in [1.54, 1.807) is 18.0 Å². The van der Waals surface area contributed by atoms with Crippen molar-refractivity contribution >= 4 is 23.6 Å². The molecular weight excluding hydrogens is 334 g/mol. The molecule has 134 valence electrons. The molecule has 0 spiro atoms. The first-order valence-electron chi connectivity index (χ1n) is 9.26. The monoisotopic (exact) mass is 359 g/mol. The van der Waals surface area contributed by atoms with Gasteiger partial charge in [0.25, 0.3) is 0 Å². The Balaban J connectivity index is 1.40. The number of piperidine rings is 1. The Morgan fingerprint density at radius 1 is 1.20 bits per heavy atom. The summed E-state index contributed by atoms with van der Waals surface area (Å²) in [6.07, 6.45) is 6.31. The van der Waals surface area contributed by atoms with Gasteiger partial charge in [-0.2, -0.15) is 11.8 Å². The van der Waals surface area contributed by atoms with E-state index in [4.69, 9.17) is 0 Å². The molecule has 3 saturated heterocycles. The second kappa shape index (κ2) is 7.36. The Morgan fingerprint density at radius 2 is 2.08 bits per heavy atom. The largest absolute Gasteiger partial charge is 0.339 e. The molecule has 4 aliphatic rings. The van der Waals surface area contributed by atoms with Crippen molar-refractivity contribution in [2.24, 2.45) is 11.8 Å². The maximum atomic E-state index is 12.8. The van der Waals surface area contributed by atoms with E-state index in [2.05, 4.69) is 4.98 Å². The molecule has 0 N–H and O–H groups in total. The Bertz CT molecular complexity index is 635. The van der Waals surface area contributed by atoms with Gasteiger partial charge in [0.15, 0.2) is 0 Å².